The van der Waals surface area contributed by atoms with Gasteiger partial charge in [-0.15, -0.1) is 0 Å². The molecule has 24 heavy (non-hydrogen) atoms. The van der Waals surface area contributed by atoms with Crippen LogP contribution < -0.4 is 4.74 Å². The van der Waals surface area contributed by atoms with Crippen molar-refractivity contribution in [2.45, 2.75) is 19.6 Å². The van der Waals surface area contributed by atoms with Gasteiger partial charge >= 0.3 is 0 Å². The van der Waals surface area contributed by atoms with E-state index in [4.69, 9.17) is 16.3 Å². The van der Waals surface area contributed by atoms with Crippen LogP contribution in [0.3, 0.4) is 0 Å². The second kappa shape index (κ2) is 8.12. The monoisotopic (exact) mass is 355 g/mol. The maximum atomic E-state index is 13.1. The summed E-state index contributed by atoms with van der Waals surface area (Å²) in [5.41, 5.74) is 0.823. The Bertz CT molecular complexity index is 708. The molecule has 130 valence electrons. The lowest BCUT2D eigenvalue weighted by atomic mass is 10.3. The van der Waals surface area contributed by atoms with E-state index < -0.39 is 11.9 Å². The molecule has 0 aliphatic rings. The van der Waals surface area contributed by atoms with Gasteiger partial charge in [0.05, 0.1) is 30.2 Å². The van der Waals surface area contributed by atoms with Gasteiger partial charge < -0.3 is 19.3 Å². The van der Waals surface area contributed by atoms with Crippen molar-refractivity contribution in [1.82, 2.24) is 14.5 Å². The summed E-state index contributed by atoms with van der Waals surface area (Å²) in [7, 11) is 1.82. The number of rotatable bonds is 7. The maximum Gasteiger partial charge on any atom is 0.263 e. The molecule has 1 unspecified atom stereocenters. The minimum Gasteiger partial charge on any atom is -0.479 e. The Morgan fingerprint density at radius 1 is 1.54 bits per heavy atom. The van der Waals surface area contributed by atoms with Crippen LogP contribution in [-0.2, 0) is 18.4 Å². The summed E-state index contributed by atoms with van der Waals surface area (Å²) in [4.78, 5) is 18.1. The Labute approximate surface area is 144 Å². The Morgan fingerprint density at radius 3 is 2.88 bits per heavy atom. The standard InChI is InChI=1S/C16H19ClFN3O3/c1-11(24-15-4-3-12(18)7-14(15)17)16(23)21(5-6-22)9-13-8-19-10-20(13)2/h3-4,7-8,10-11,22H,5-6,9H2,1-2H3. The molecule has 0 spiro atoms. The average Bonchev–Trinajstić information content (AvgIpc) is 2.94. The number of hydrogen-bond donors (Lipinski definition) is 1. The highest BCUT2D eigenvalue weighted by Gasteiger charge is 2.23. The van der Waals surface area contributed by atoms with Crippen molar-refractivity contribution in [1.29, 1.82) is 0 Å². The second-order valence-corrected chi connectivity index (χ2v) is 5.72. The van der Waals surface area contributed by atoms with Crippen LogP contribution in [-0.4, -0.2) is 44.7 Å². The van der Waals surface area contributed by atoms with Gasteiger partial charge in [0.15, 0.2) is 6.10 Å². The first kappa shape index (κ1) is 18.2. The SMILES string of the molecule is CC(Oc1ccc(F)cc1Cl)C(=O)N(CCO)Cc1cncn1C. The smallest absolute Gasteiger partial charge is 0.263 e. The molecule has 0 aliphatic heterocycles. The third-order valence-electron chi connectivity index (χ3n) is 3.50. The van der Waals surface area contributed by atoms with Crippen LogP contribution >= 0.6 is 11.6 Å². The number of halogens is 2. The van der Waals surface area contributed by atoms with Crippen LogP contribution in [0.4, 0.5) is 4.39 Å². The molecule has 6 nitrogen and oxygen atoms in total. The van der Waals surface area contributed by atoms with E-state index in [0.29, 0.717) is 6.54 Å². The molecule has 2 aromatic rings. The second-order valence-electron chi connectivity index (χ2n) is 5.31. The number of hydrogen-bond acceptors (Lipinski definition) is 4. The summed E-state index contributed by atoms with van der Waals surface area (Å²) in [6, 6.07) is 3.70. The average molecular weight is 356 g/mol. The van der Waals surface area contributed by atoms with Gasteiger partial charge in [0.2, 0.25) is 0 Å². The summed E-state index contributed by atoms with van der Waals surface area (Å²) in [6.45, 7) is 1.86. The van der Waals surface area contributed by atoms with Crippen molar-refractivity contribution in [3.8, 4) is 5.75 Å². The summed E-state index contributed by atoms with van der Waals surface area (Å²) < 4.78 is 20.4. The highest BCUT2D eigenvalue weighted by molar-refractivity contribution is 6.32. The lowest BCUT2D eigenvalue weighted by Gasteiger charge is -2.25. The molecule has 0 saturated carbocycles. The minimum atomic E-state index is -0.840. The Balaban J connectivity index is 2.09. The molecule has 2 rings (SSSR count). The molecular weight excluding hydrogens is 337 g/mol. The van der Waals surface area contributed by atoms with Crippen LogP contribution in [0.2, 0.25) is 5.02 Å². The summed E-state index contributed by atoms with van der Waals surface area (Å²) in [6.07, 6.45) is 2.45. The molecular formula is C16H19ClFN3O3. The van der Waals surface area contributed by atoms with Gasteiger partial charge in [0, 0.05) is 19.8 Å². The number of benzene rings is 1. The van der Waals surface area contributed by atoms with Crippen molar-refractivity contribution >= 4 is 17.5 Å². The molecule has 1 amide bonds. The zero-order valence-corrected chi connectivity index (χ0v) is 14.2. The number of ether oxygens (including phenoxy) is 1. The number of aromatic nitrogens is 2. The van der Waals surface area contributed by atoms with Crippen LogP contribution in [0, 0.1) is 5.82 Å². The summed E-state index contributed by atoms with van der Waals surface area (Å²) >= 11 is 5.91. The molecule has 1 aromatic heterocycles. The quantitative estimate of drug-likeness (QED) is 0.825. The van der Waals surface area contributed by atoms with Gasteiger partial charge in [-0.05, 0) is 25.1 Å². The molecule has 1 N–H and O–H groups in total. The fourth-order valence-corrected chi connectivity index (χ4v) is 2.40. The number of nitrogens with zero attached hydrogens (tertiary/aromatic N) is 3. The number of aryl methyl sites for hydroxylation is 1. The lowest BCUT2D eigenvalue weighted by Crippen LogP contribution is -2.41. The number of imidazole rings is 1. The van der Waals surface area contributed by atoms with E-state index in [0.717, 1.165) is 11.8 Å². The fraction of sp³-hybridized carbons (Fsp3) is 0.375. The topological polar surface area (TPSA) is 67.6 Å². The Kier molecular flexibility index (Phi) is 6.16. The zero-order chi connectivity index (χ0) is 17.7. The van der Waals surface area contributed by atoms with Crippen molar-refractivity contribution in [2.24, 2.45) is 7.05 Å². The molecule has 1 aromatic carbocycles. The highest BCUT2D eigenvalue weighted by Crippen LogP contribution is 2.26. The third-order valence-corrected chi connectivity index (χ3v) is 3.79. The number of carbonyl (C=O) groups is 1. The zero-order valence-electron chi connectivity index (χ0n) is 13.4. The van der Waals surface area contributed by atoms with Gasteiger partial charge in [0.25, 0.3) is 5.91 Å². The van der Waals surface area contributed by atoms with Crippen molar-refractivity contribution < 1.29 is 19.0 Å². The van der Waals surface area contributed by atoms with Gasteiger partial charge in [-0.3, -0.25) is 4.79 Å². The molecule has 1 atom stereocenters. The first-order valence-corrected chi connectivity index (χ1v) is 7.76. The summed E-state index contributed by atoms with van der Waals surface area (Å²) in [5, 5.41) is 9.30. The van der Waals surface area contributed by atoms with E-state index in [1.54, 1.807) is 24.0 Å². The van der Waals surface area contributed by atoms with Crippen LogP contribution in [0.15, 0.2) is 30.7 Å². The van der Waals surface area contributed by atoms with Gasteiger partial charge in [-0.1, -0.05) is 11.6 Å². The number of aliphatic hydroxyl groups excluding tert-OH is 1. The predicted molar refractivity (Wildman–Crippen MR) is 87.2 cm³/mol. The van der Waals surface area contributed by atoms with Gasteiger partial charge in [-0.25, -0.2) is 9.37 Å². The lowest BCUT2D eigenvalue weighted by molar-refractivity contribution is -0.139. The van der Waals surface area contributed by atoms with E-state index in [1.807, 2.05) is 7.05 Å². The normalized spacial score (nSPS) is 12.0. The minimum absolute atomic E-state index is 0.0926. The number of aliphatic hydroxyl groups is 1. The van der Waals surface area contributed by atoms with Crippen LogP contribution in [0.1, 0.15) is 12.6 Å². The molecule has 0 bridgehead atoms. The first-order chi connectivity index (χ1) is 11.4. The fourth-order valence-electron chi connectivity index (χ4n) is 2.19. The number of carbonyl (C=O) groups excluding carboxylic acids is 1. The van der Waals surface area contributed by atoms with E-state index in [-0.39, 0.29) is 29.8 Å². The third kappa shape index (κ3) is 4.46. The summed E-state index contributed by atoms with van der Waals surface area (Å²) in [5.74, 6) is -0.571. The first-order valence-electron chi connectivity index (χ1n) is 7.39. The predicted octanol–water partition coefficient (Wildman–Crippen LogP) is 2.00. The molecule has 0 radical (unpaired) electrons. The molecule has 0 saturated heterocycles. The molecule has 8 heteroatoms. The Morgan fingerprint density at radius 2 is 2.29 bits per heavy atom. The van der Waals surface area contributed by atoms with E-state index >= 15 is 0 Å². The van der Waals surface area contributed by atoms with Crippen molar-refractivity contribution in [2.75, 3.05) is 13.2 Å². The highest BCUT2D eigenvalue weighted by atomic mass is 35.5. The van der Waals surface area contributed by atoms with E-state index in [9.17, 15) is 14.3 Å². The van der Waals surface area contributed by atoms with Crippen LogP contribution in [0.25, 0.3) is 0 Å². The molecule has 1 heterocycles. The molecule has 0 fully saturated rings. The van der Waals surface area contributed by atoms with Gasteiger partial charge in [-0.2, -0.15) is 0 Å². The van der Waals surface area contributed by atoms with E-state index in [2.05, 4.69) is 4.98 Å². The molecule has 0 aliphatic carbocycles. The Hall–Kier alpha value is -2.12. The largest absolute Gasteiger partial charge is 0.479 e. The maximum absolute atomic E-state index is 13.1. The van der Waals surface area contributed by atoms with Crippen molar-refractivity contribution in [3.05, 3.63) is 47.3 Å². The van der Waals surface area contributed by atoms with Crippen molar-refractivity contribution in [3.63, 3.8) is 0 Å². The van der Waals surface area contributed by atoms with E-state index in [1.165, 1.54) is 17.0 Å². The number of amides is 1. The van der Waals surface area contributed by atoms with Crippen LogP contribution in [0.5, 0.6) is 5.75 Å². The van der Waals surface area contributed by atoms with Gasteiger partial charge in [0.1, 0.15) is 11.6 Å².